The monoisotopic (exact) mass is 329 g/mol. The maximum Gasteiger partial charge on any atom is 0.225 e. The highest BCUT2D eigenvalue weighted by molar-refractivity contribution is 5.80. The van der Waals surface area contributed by atoms with Crippen molar-refractivity contribution in [2.24, 2.45) is 11.7 Å². The molecule has 132 valence electrons. The van der Waals surface area contributed by atoms with Crippen LogP contribution < -0.4 is 11.1 Å². The molecule has 4 heteroatoms. The first-order chi connectivity index (χ1) is 11.5. The first kappa shape index (κ1) is 17.4. The Morgan fingerprint density at radius 1 is 1.33 bits per heavy atom. The second kappa shape index (κ2) is 7.24. The molecule has 0 spiro atoms. The van der Waals surface area contributed by atoms with Gasteiger partial charge in [-0.15, -0.1) is 0 Å². The molecule has 1 aromatic rings. The predicted octanol–water partition coefficient (Wildman–Crippen LogP) is 2.67. The zero-order valence-corrected chi connectivity index (χ0v) is 15.0. The largest absolute Gasteiger partial charge is 0.352 e. The Kier molecular flexibility index (Phi) is 5.26. The van der Waals surface area contributed by atoms with Gasteiger partial charge in [0.15, 0.2) is 0 Å². The van der Waals surface area contributed by atoms with Crippen molar-refractivity contribution in [1.82, 2.24) is 10.2 Å². The maximum absolute atomic E-state index is 12.7. The third-order valence-electron chi connectivity index (χ3n) is 5.85. The summed E-state index contributed by atoms with van der Waals surface area (Å²) in [5.74, 6) is 0.128. The smallest absolute Gasteiger partial charge is 0.225 e. The third-order valence-corrected chi connectivity index (χ3v) is 5.85. The van der Waals surface area contributed by atoms with Crippen LogP contribution >= 0.6 is 0 Å². The molecule has 1 aromatic carbocycles. The number of hydrogen-bond acceptors (Lipinski definition) is 3. The van der Waals surface area contributed by atoms with Gasteiger partial charge in [0, 0.05) is 30.7 Å². The summed E-state index contributed by atoms with van der Waals surface area (Å²) >= 11 is 0. The number of likely N-dealkylation sites (tertiary alicyclic amines) is 1. The molecule has 1 aliphatic carbocycles. The SMILES string of the molecule is CC1CC(NC(=O)C2CCCCC2(C)N)CN1Cc1ccccc1. The van der Waals surface area contributed by atoms with Gasteiger partial charge in [-0.05, 0) is 38.7 Å². The van der Waals surface area contributed by atoms with Gasteiger partial charge in [0.25, 0.3) is 0 Å². The fraction of sp³-hybridized carbons (Fsp3) is 0.650. The normalized spacial score (nSPS) is 34.2. The lowest BCUT2D eigenvalue weighted by atomic mass is 9.74. The number of nitrogens with zero attached hydrogens (tertiary/aromatic N) is 1. The highest BCUT2D eigenvalue weighted by Gasteiger charge is 2.39. The Bertz CT molecular complexity index is 557. The number of hydrogen-bond donors (Lipinski definition) is 2. The predicted molar refractivity (Wildman–Crippen MR) is 97.4 cm³/mol. The highest BCUT2D eigenvalue weighted by atomic mass is 16.2. The van der Waals surface area contributed by atoms with Gasteiger partial charge in [-0.2, -0.15) is 0 Å². The van der Waals surface area contributed by atoms with E-state index in [4.69, 9.17) is 5.73 Å². The lowest BCUT2D eigenvalue weighted by molar-refractivity contribution is -0.128. The van der Waals surface area contributed by atoms with E-state index in [1.165, 1.54) is 5.56 Å². The molecular formula is C20H31N3O. The third kappa shape index (κ3) is 3.98. The maximum atomic E-state index is 12.7. The number of benzene rings is 1. The van der Waals surface area contributed by atoms with E-state index < -0.39 is 0 Å². The number of rotatable bonds is 4. The second-order valence-electron chi connectivity index (χ2n) is 8.01. The van der Waals surface area contributed by atoms with Gasteiger partial charge >= 0.3 is 0 Å². The summed E-state index contributed by atoms with van der Waals surface area (Å²) in [5.41, 5.74) is 7.36. The van der Waals surface area contributed by atoms with E-state index in [1.54, 1.807) is 0 Å². The Hall–Kier alpha value is -1.39. The molecule has 1 saturated carbocycles. The van der Waals surface area contributed by atoms with Crippen LogP contribution in [0.1, 0.15) is 51.5 Å². The topological polar surface area (TPSA) is 58.4 Å². The number of amides is 1. The molecule has 1 aliphatic heterocycles. The Morgan fingerprint density at radius 2 is 2.08 bits per heavy atom. The van der Waals surface area contributed by atoms with Crippen LogP contribution in [0.2, 0.25) is 0 Å². The minimum absolute atomic E-state index is 0.0373. The van der Waals surface area contributed by atoms with Crippen molar-refractivity contribution in [3.05, 3.63) is 35.9 Å². The van der Waals surface area contributed by atoms with E-state index in [0.29, 0.717) is 6.04 Å². The summed E-state index contributed by atoms with van der Waals surface area (Å²) in [5, 5.41) is 3.29. The zero-order chi connectivity index (χ0) is 17.2. The van der Waals surface area contributed by atoms with Crippen LogP contribution in [-0.4, -0.2) is 35.0 Å². The van der Waals surface area contributed by atoms with Crippen molar-refractivity contribution in [3.63, 3.8) is 0 Å². The molecule has 1 saturated heterocycles. The van der Waals surface area contributed by atoms with Gasteiger partial charge in [0.2, 0.25) is 5.91 Å². The standard InChI is InChI=1S/C20H31N3O/c1-15-12-17(14-23(15)13-16-8-4-3-5-9-16)22-19(24)18-10-6-7-11-20(18,2)21/h3-5,8-9,15,17-18H,6-7,10-14,21H2,1-2H3,(H,22,24). The molecule has 1 heterocycles. The molecule has 1 amide bonds. The molecule has 4 nitrogen and oxygen atoms in total. The van der Waals surface area contributed by atoms with Crippen LogP contribution in [0.5, 0.6) is 0 Å². The minimum Gasteiger partial charge on any atom is -0.352 e. The van der Waals surface area contributed by atoms with E-state index in [2.05, 4.69) is 41.4 Å². The molecule has 4 atom stereocenters. The molecule has 0 aromatic heterocycles. The molecular weight excluding hydrogens is 298 g/mol. The number of carbonyl (C=O) groups is 1. The van der Waals surface area contributed by atoms with Crippen LogP contribution in [0.4, 0.5) is 0 Å². The lowest BCUT2D eigenvalue weighted by Crippen LogP contribution is -2.54. The minimum atomic E-state index is -0.351. The van der Waals surface area contributed by atoms with Crippen molar-refractivity contribution >= 4 is 5.91 Å². The number of nitrogens with one attached hydrogen (secondary N) is 1. The molecule has 24 heavy (non-hydrogen) atoms. The fourth-order valence-corrected chi connectivity index (χ4v) is 4.33. The van der Waals surface area contributed by atoms with Crippen LogP contribution in [0, 0.1) is 5.92 Å². The van der Waals surface area contributed by atoms with Crippen LogP contribution in [0.25, 0.3) is 0 Å². The average Bonchev–Trinajstić information content (AvgIpc) is 2.87. The molecule has 0 radical (unpaired) electrons. The van der Waals surface area contributed by atoms with Gasteiger partial charge in [-0.3, -0.25) is 9.69 Å². The van der Waals surface area contributed by atoms with Crippen molar-refractivity contribution < 1.29 is 4.79 Å². The molecule has 2 aliphatic rings. The van der Waals surface area contributed by atoms with Gasteiger partial charge in [0.1, 0.15) is 0 Å². The van der Waals surface area contributed by atoms with E-state index in [9.17, 15) is 4.79 Å². The van der Waals surface area contributed by atoms with Crippen LogP contribution in [0.3, 0.4) is 0 Å². The molecule has 2 fully saturated rings. The zero-order valence-electron chi connectivity index (χ0n) is 15.0. The van der Waals surface area contributed by atoms with Gasteiger partial charge < -0.3 is 11.1 Å². The quantitative estimate of drug-likeness (QED) is 0.893. The summed E-state index contributed by atoms with van der Waals surface area (Å²) in [6.07, 6.45) is 5.15. The number of nitrogens with two attached hydrogens (primary N) is 1. The molecule has 3 rings (SSSR count). The Balaban J connectivity index is 1.56. The second-order valence-corrected chi connectivity index (χ2v) is 8.01. The van der Waals surface area contributed by atoms with E-state index in [-0.39, 0.29) is 23.4 Å². The average molecular weight is 329 g/mol. The first-order valence-electron chi connectivity index (χ1n) is 9.33. The summed E-state index contributed by atoms with van der Waals surface area (Å²) in [7, 11) is 0. The Morgan fingerprint density at radius 3 is 2.79 bits per heavy atom. The summed E-state index contributed by atoms with van der Waals surface area (Å²) in [6, 6.07) is 11.3. The van der Waals surface area contributed by atoms with Crippen molar-refractivity contribution in [1.29, 1.82) is 0 Å². The molecule has 4 unspecified atom stereocenters. The lowest BCUT2D eigenvalue weighted by Gasteiger charge is -2.37. The summed E-state index contributed by atoms with van der Waals surface area (Å²) in [4.78, 5) is 15.2. The van der Waals surface area contributed by atoms with Gasteiger partial charge in [-0.25, -0.2) is 0 Å². The van der Waals surface area contributed by atoms with E-state index >= 15 is 0 Å². The molecule has 3 N–H and O–H groups in total. The fourth-order valence-electron chi connectivity index (χ4n) is 4.33. The van der Waals surface area contributed by atoms with Crippen LogP contribution in [0.15, 0.2) is 30.3 Å². The van der Waals surface area contributed by atoms with Crippen molar-refractivity contribution in [2.75, 3.05) is 6.54 Å². The Labute approximate surface area is 145 Å². The highest BCUT2D eigenvalue weighted by Crippen LogP contribution is 2.32. The summed E-state index contributed by atoms with van der Waals surface area (Å²) in [6.45, 7) is 6.17. The van der Waals surface area contributed by atoms with Gasteiger partial charge in [0.05, 0.1) is 5.92 Å². The molecule has 0 bridgehead atoms. The van der Waals surface area contributed by atoms with E-state index in [1.807, 2.05) is 13.0 Å². The van der Waals surface area contributed by atoms with Crippen molar-refractivity contribution in [2.45, 2.75) is 70.1 Å². The first-order valence-corrected chi connectivity index (χ1v) is 9.33. The number of carbonyl (C=O) groups excluding carboxylic acids is 1. The summed E-state index contributed by atoms with van der Waals surface area (Å²) < 4.78 is 0. The van der Waals surface area contributed by atoms with Gasteiger partial charge in [-0.1, -0.05) is 43.2 Å². The van der Waals surface area contributed by atoms with Crippen molar-refractivity contribution in [3.8, 4) is 0 Å². The van der Waals surface area contributed by atoms with E-state index in [0.717, 1.165) is 45.2 Å². The van der Waals surface area contributed by atoms with Crippen LogP contribution in [-0.2, 0) is 11.3 Å².